The van der Waals surface area contributed by atoms with Gasteiger partial charge in [-0.1, -0.05) is 48.5 Å². The van der Waals surface area contributed by atoms with E-state index in [1.54, 1.807) is 13.2 Å². The van der Waals surface area contributed by atoms with Crippen LogP contribution in [-0.2, 0) is 22.7 Å². The fraction of sp³-hybridized carbons (Fsp3) is 0.364. The second-order valence-corrected chi connectivity index (χ2v) is 6.41. The van der Waals surface area contributed by atoms with Gasteiger partial charge in [-0.15, -0.1) is 0 Å². The Balaban J connectivity index is 1.68. The van der Waals surface area contributed by atoms with Crippen LogP contribution in [0.2, 0.25) is 0 Å². The second kappa shape index (κ2) is 11.5. The van der Waals surface area contributed by atoms with E-state index in [0.717, 1.165) is 22.4 Å². The van der Waals surface area contributed by atoms with Crippen molar-refractivity contribution in [3.63, 3.8) is 0 Å². The minimum atomic E-state index is -0.999. The molecule has 0 aliphatic carbocycles. The quantitative estimate of drug-likeness (QED) is 0.593. The maximum absolute atomic E-state index is 10.1. The molecule has 0 radical (unpaired) electrons. The molecule has 2 aromatic rings. The number of aliphatic hydroxyl groups is 2. The number of benzene rings is 2. The van der Waals surface area contributed by atoms with E-state index in [1.807, 2.05) is 61.5 Å². The minimum absolute atomic E-state index is 0.0435. The molecule has 0 aliphatic heterocycles. The molecular weight excluding hydrogens is 344 g/mol. The summed E-state index contributed by atoms with van der Waals surface area (Å²) in [5.74, 6) is 0.782. The summed E-state index contributed by atoms with van der Waals surface area (Å²) >= 11 is 0. The van der Waals surface area contributed by atoms with Gasteiger partial charge in [0.2, 0.25) is 0 Å². The van der Waals surface area contributed by atoms with Crippen molar-refractivity contribution < 1.29 is 24.4 Å². The van der Waals surface area contributed by atoms with E-state index in [2.05, 4.69) is 0 Å². The van der Waals surface area contributed by atoms with E-state index in [4.69, 9.17) is 14.2 Å². The standard InChI is InChI=1S/C22H28O5/c1-17(13-26-14-18-6-4-3-5-7-18)12-21(23)22(24)16-27-15-19-8-10-20(25-2)11-9-19/h3-12,21-24H,13-16H2,1-2H3/b17-12+/t21-,22+/m1/s1. The Morgan fingerprint density at radius 3 is 2.22 bits per heavy atom. The highest BCUT2D eigenvalue weighted by atomic mass is 16.5. The van der Waals surface area contributed by atoms with Crippen molar-refractivity contribution >= 4 is 0 Å². The molecule has 0 saturated carbocycles. The van der Waals surface area contributed by atoms with Crippen LogP contribution in [-0.4, -0.2) is 42.7 Å². The number of aliphatic hydroxyl groups excluding tert-OH is 2. The monoisotopic (exact) mass is 372 g/mol. The first-order chi connectivity index (χ1) is 13.1. The number of hydrogen-bond acceptors (Lipinski definition) is 5. The highest BCUT2D eigenvalue weighted by Crippen LogP contribution is 2.12. The van der Waals surface area contributed by atoms with Crippen LogP contribution in [0, 0.1) is 0 Å². The molecule has 2 aromatic carbocycles. The summed E-state index contributed by atoms with van der Waals surface area (Å²) in [6.07, 6.45) is -0.389. The van der Waals surface area contributed by atoms with E-state index in [9.17, 15) is 10.2 Å². The molecule has 0 heterocycles. The molecule has 0 aliphatic rings. The molecule has 0 bridgehead atoms. The maximum atomic E-state index is 10.1. The molecule has 146 valence electrons. The van der Waals surface area contributed by atoms with Crippen LogP contribution >= 0.6 is 0 Å². The molecule has 27 heavy (non-hydrogen) atoms. The zero-order valence-electron chi connectivity index (χ0n) is 15.9. The van der Waals surface area contributed by atoms with Crippen molar-refractivity contribution in [2.45, 2.75) is 32.3 Å². The Morgan fingerprint density at radius 1 is 0.926 bits per heavy atom. The first-order valence-electron chi connectivity index (χ1n) is 8.94. The lowest BCUT2D eigenvalue weighted by Crippen LogP contribution is -2.29. The molecule has 5 heteroatoms. The lowest BCUT2D eigenvalue weighted by atomic mass is 10.1. The lowest BCUT2D eigenvalue weighted by molar-refractivity contribution is -0.0253. The Labute approximate surface area is 160 Å². The van der Waals surface area contributed by atoms with Crippen LogP contribution < -0.4 is 4.74 Å². The van der Waals surface area contributed by atoms with Crippen molar-refractivity contribution in [2.24, 2.45) is 0 Å². The van der Waals surface area contributed by atoms with Gasteiger partial charge in [-0.05, 0) is 35.8 Å². The predicted octanol–water partition coefficient (Wildman–Crippen LogP) is 3.10. The molecule has 0 spiro atoms. The van der Waals surface area contributed by atoms with Crippen LogP contribution in [0.3, 0.4) is 0 Å². The van der Waals surface area contributed by atoms with Gasteiger partial charge in [-0.3, -0.25) is 0 Å². The van der Waals surface area contributed by atoms with Gasteiger partial charge in [-0.2, -0.15) is 0 Å². The topological polar surface area (TPSA) is 68.2 Å². The average Bonchev–Trinajstić information content (AvgIpc) is 2.69. The average molecular weight is 372 g/mol. The lowest BCUT2D eigenvalue weighted by Gasteiger charge is -2.16. The van der Waals surface area contributed by atoms with Crippen molar-refractivity contribution in [3.8, 4) is 5.75 Å². The van der Waals surface area contributed by atoms with Crippen LogP contribution in [0.4, 0.5) is 0 Å². The van der Waals surface area contributed by atoms with E-state index in [-0.39, 0.29) is 6.61 Å². The minimum Gasteiger partial charge on any atom is -0.497 e. The smallest absolute Gasteiger partial charge is 0.118 e. The highest BCUT2D eigenvalue weighted by molar-refractivity contribution is 5.26. The van der Waals surface area contributed by atoms with Crippen molar-refractivity contribution in [2.75, 3.05) is 20.3 Å². The molecule has 2 N–H and O–H groups in total. The highest BCUT2D eigenvalue weighted by Gasteiger charge is 2.14. The molecule has 2 rings (SSSR count). The first-order valence-corrected chi connectivity index (χ1v) is 8.94. The van der Waals surface area contributed by atoms with Crippen LogP contribution in [0.15, 0.2) is 66.2 Å². The van der Waals surface area contributed by atoms with Gasteiger partial charge < -0.3 is 24.4 Å². The molecule has 0 amide bonds. The third-order valence-electron chi connectivity index (χ3n) is 4.01. The maximum Gasteiger partial charge on any atom is 0.118 e. The van der Waals surface area contributed by atoms with Gasteiger partial charge in [0, 0.05) is 0 Å². The van der Waals surface area contributed by atoms with Crippen LogP contribution in [0.5, 0.6) is 5.75 Å². The Kier molecular flexibility index (Phi) is 9.01. The first kappa shape index (κ1) is 21.1. The summed E-state index contributed by atoms with van der Waals surface area (Å²) in [7, 11) is 1.62. The van der Waals surface area contributed by atoms with Crippen molar-refractivity contribution in [1.82, 2.24) is 0 Å². The van der Waals surface area contributed by atoms with Gasteiger partial charge >= 0.3 is 0 Å². The third kappa shape index (κ3) is 7.93. The largest absolute Gasteiger partial charge is 0.497 e. The zero-order chi connectivity index (χ0) is 19.5. The van der Waals surface area contributed by atoms with Crippen molar-refractivity contribution in [3.05, 3.63) is 77.4 Å². The normalized spacial score (nSPS) is 14.0. The third-order valence-corrected chi connectivity index (χ3v) is 4.01. The van der Waals surface area contributed by atoms with Crippen LogP contribution in [0.1, 0.15) is 18.1 Å². The fourth-order valence-corrected chi connectivity index (χ4v) is 2.47. The number of methoxy groups -OCH3 is 1. The molecule has 5 nitrogen and oxygen atoms in total. The molecule has 0 saturated heterocycles. The molecular formula is C22H28O5. The van der Waals surface area contributed by atoms with E-state index in [0.29, 0.717) is 19.8 Å². The number of hydrogen-bond donors (Lipinski definition) is 2. The van der Waals surface area contributed by atoms with Crippen LogP contribution in [0.25, 0.3) is 0 Å². The summed E-state index contributed by atoms with van der Waals surface area (Å²) < 4.78 is 16.2. The van der Waals surface area contributed by atoms with Gasteiger partial charge in [-0.25, -0.2) is 0 Å². The summed E-state index contributed by atoms with van der Waals surface area (Å²) in [6, 6.07) is 17.4. The zero-order valence-corrected chi connectivity index (χ0v) is 15.9. The Morgan fingerprint density at radius 2 is 1.56 bits per heavy atom. The van der Waals surface area contributed by atoms with Crippen molar-refractivity contribution in [1.29, 1.82) is 0 Å². The van der Waals surface area contributed by atoms with Gasteiger partial charge in [0.15, 0.2) is 0 Å². The fourth-order valence-electron chi connectivity index (χ4n) is 2.47. The summed E-state index contributed by atoms with van der Waals surface area (Å²) in [6.45, 7) is 3.17. The van der Waals surface area contributed by atoms with E-state index >= 15 is 0 Å². The Bertz CT molecular complexity index is 682. The molecule has 0 aromatic heterocycles. The predicted molar refractivity (Wildman–Crippen MR) is 105 cm³/mol. The number of ether oxygens (including phenoxy) is 3. The molecule has 0 fully saturated rings. The number of rotatable bonds is 11. The van der Waals surface area contributed by atoms with Gasteiger partial charge in [0.1, 0.15) is 18.0 Å². The molecule has 0 unspecified atom stereocenters. The van der Waals surface area contributed by atoms with Gasteiger partial charge in [0.05, 0.1) is 33.5 Å². The SMILES string of the molecule is COc1ccc(COC[C@H](O)[C@H](O)/C=C(\C)COCc2ccccc2)cc1. The molecule has 2 atom stereocenters. The summed E-state index contributed by atoms with van der Waals surface area (Å²) in [5.41, 5.74) is 2.92. The second-order valence-electron chi connectivity index (χ2n) is 6.41. The van der Waals surface area contributed by atoms with E-state index < -0.39 is 12.2 Å². The van der Waals surface area contributed by atoms with E-state index in [1.165, 1.54) is 0 Å². The van der Waals surface area contributed by atoms with Gasteiger partial charge in [0.25, 0.3) is 0 Å². The Hall–Kier alpha value is -2.18. The summed E-state index contributed by atoms with van der Waals surface area (Å²) in [4.78, 5) is 0. The summed E-state index contributed by atoms with van der Waals surface area (Å²) in [5, 5.41) is 20.1.